The van der Waals surface area contributed by atoms with Gasteiger partial charge in [-0.15, -0.1) is 4.40 Å². The SMILES string of the molecule is CC(OC(=O)C1=CN2CCS(=O)(=O)N=C2C=C1)C(=O)Nc1ccccc1. The molecule has 136 valence electrons. The van der Waals surface area contributed by atoms with Gasteiger partial charge in [0.15, 0.2) is 6.10 Å². The Kier molecular flexibility index (Phi) is 4.90. The normalized spacial score (nSPS) is 18.9. The Morgan fingerprint density at radius 1 is 1.23 bits per heavy atom. The summed E-state index contributed by atoms with van der Waals surface area (Å²) < 4.78 is 31.8. The van der Waals surface area contributed by atoms with E-state index in [1.54, 1.807) is 29.2 Å². The maximum Gasteiger partial charge on any atom is 0.340 e. The number of benzene rings is 1. The highest BCUT2D eigenvalue weighted by molar-refractivity contribution is 7.90. The lowest BCUT2D eigenvalue weighted by molar-refractivity contribution is -0.149. The minimum Gasteiger partial charge on any atom is -0.449 e. The molecule has 8 nitrogen and oxygen atoms in total. The molecule has 2 aliphatic rings. The number of carbonyl (C=O) groups is 2. The van der Waals surface area contributed by atoms with E-state index in [2.05, 4.69) is 9.71 Å². The van der Waals surface area contributed by atoms with Crippen LogP contribution >= 0.6 is 0 Å². The summed E-state index contributed by atoms with van der Waals surface area (Å²) in [5.41, 5.74) is 0.815. The number of rotatable bonds is 4. The van der Waals surface area contributed by atoms with Crippen LogP contribution in [0, 0.1) is 0 Å². The Morgan fingerprint density at radius 3 is 2.69 bits per heavy atom. The fraction of sp³-hybridized carbons (Fsp3) is 0.235. The van der Waals surface area contributed by atoms with E-state index in [-0.39, 0.29) is 23.7 Å². The van der Waals surface area contributed by atoms with Gasteiger partial charge in [-0.2, -0.15) is 0 Å². The summed E-state index contributed by atoms with van der Waals surface area (Å²) in [4.78, 5) is 25.9. The van der Waals surface area contributed by atoms with Crippen LogP contribution in [-0.2, 0) is 24.3 Å². The summed E-state index contributed by atoms with van der Waals surface area (Å²) in [7, 11) is -3.45. The third-order valence-corrected chi connectivity index (χ3v) is 4.92. The number of anilines is 1. The topological polar surface area (TPSA) is 105 Å². The number of fused-ring (bicyclic) bond motifs is 1. The molecule has 2 heterocycles. The molecule has 0 aliphatic carbocycles. The van der Waals surface area contributed by atoms with Crippen LogP contribution in [0.4, 0.5) is 5.69 Å². The van der Waals surface area contributed by atoms with Gasteiger partial charge < -0.3 is 15.0 Å². The van der Waals surface area contributed by atoms with Gasteiger partial charge >= 0.3 is 5.97 Å². The molecule has 1 aromatic carbocycles. The average Bonchev–Trinajstić information content (AvgIpc) is 2.61. The molecule has 1 atom stereocenters. The standard InChI is InChI=1S/C17H17N3O5S/c1-12(16(21)18-14-5-3-2-4-6-14)25-17(22)13-7-8-15-19-26(23,24)10-9-20(15)11-13/h2-8,11-12H,9-10H2,1H3,(H,18,21). The zero-order valence-electron chi connectivity index (χ0n) is 14.0. The molecule has 26 heavy (non-hydrogen) atoms. The molecule has 9 heteroatoms. The molecule has 0 aromatic heterocycles. The lowest BCUT2D eigenvalue weighted by Gasteiger charge is -2.27. The van der Waals surface area contributed by atoms with Crippen LogP contribution in [0.3, 0.4) is 0 Å². The van der Waals surface area contributed by atoms with Crippen LogP contribution < -0.4 is 5.32 Å². The number of amidine groups is 1. The predicted octanol–water partition coefficient (Wildman–Crippen LogP) is 1.05. The second-order valence-corrected chi connectivity index (χ2v) is 7.50. The third kappa shape index (κ3) is 4.17. The van der Waals surface area contributed by atoms with Crippen LogP contribution in [0.1, 0.15) is 6.92 Å². The number of amides is 1. The molecular formula is C17H17N3O5S. The van der Waals surface area contributed by atoms with E-state index >= 15 is 0 Å². The van der Waals surface area contributed by atoms with E-state index in [0.717, 1.165) is 0 Å². The molecular weight excluding hydrogens is 358 g/mol. The molecule has 1 unspecified atom stereocenters. The first kappa shape index (κ1) is 17.9. The van der Waals surface area contributed by atoms with Crippen molar-refractivity contribution in [2.24, 2.45) is 4.40 Å². The minimum atomic E-state index is -3.45. The van der Waals surface area contributed by atoms with Crippen molar-refractivity contribution in [3.63, 3.8) is 0 Å². The van der Waals surface area contributed by atoms with E-state index in [4.69, 9.17) is 4.74 Å². The first-order chi connectivity index (χ1) is 12.3. The lowest BCUT2D eigenvalue weighted by atomic mass is 10.2. The quantitative estimate of drug-likeness (QED) is 0.789. The molecule has 0 radical (unpaired) electrons. The number of sulfonamides is 1. The van der Waals surface area contributed by atoms with E-state index in [9.17, 15) is 18.0 Å². The van der Waals surface area contributed by atoms with Gasteiger partial charge in [0.05, 0.1) is 11.3 Å². The van der Waals surface area contributed by atoms with Gasteiger partial charge in [0.2, 0.25) is 0 Å². The molecule has 1 aromatic rings. The van der Waals surface area contributed by atoms with E-state index in [0.29, 0.717) is 5.69 Å². The maximum absolute atomic E-state index is 12.3. The number of hydrogen-bond acceptors (Lipinski definition) is 6. The number of ether oxygens (including phenoxy) is 1. The van der Waals surface area contributed by atoms with Crippen molar-refractivity contribution in [2.45, 2.75) is 13.0 Å². The molecule has 1 amide bonds. The highest BCUT2D eigenvalue weighted by Crippen LogP contribution is 2.17. The Bertz CT molecular complexity index is 919. The second kappa shape index (κ2) is 7.12. The van der Waals surface area contributed by atoms with Crippen LogP contribution in [0.2, 0.25) is 0 Å². The van der Waals surface area contributed by atoms with Crippen LogP contribution in [0.15, 0.2) is 58.7 Å². The van der Waals surface area contributed by atoms with Gasteiger partial charge in [-0.3, -0.25) is 4.79 Å². The smallest absolute Gasteiger partial charge is 0.340 e. The van der Waals surface area contributed by atoms with E-state index in [1.807, 2.05) is 6.07 Å². The summed E-state index contributed by atoms with van der Waals surface area (Å²) in [5.74, 6) is -0.998. The fourth-order valence-corrected chi connectivity index (χ4v) is 3.34. The van der Waals surface area contributed by atoms with Gasteiger partial charge in [-0.05, 0) is 31.2 Å². The lowest BCUT2D eigenvalue weighted by Crippen LogP contribution is -2.37. The molecule has 0 fully saturated rings. The monoisotopic (exact) mass is 375 g/mol. The van der Waals surface area contributed by atoms with Crippen molar-refractivity contribution in [3.05, 3.63) is 54.3 Å². The summed E-state index contributed by atoms with van der Waals surface area (Å²) in [6, 6.07) is 8.84. The van der Waals surface area contributed by atoms with Gasteiger partial charge in [0, 0.05) is 18.4 Å². The first-order valence-corrected chi connectivity index (χ1v) is 9.51. The number of nitrogens with zero attached hydrogens (tertiary/aromatic N) is 2. The van der Waals surface area contributed by atoms with Crippen molar-refractivity contribution in [1.29, 1.82) is 0 Å². The number of para-hydroxylation sites is 1. The largest absolute Gasteiger partial charge is 0.449 e. The molecule has 0 saturated heterocycles. The Labute approximate surface area is 150 Å². The Balaban J connectivity index is 1.63. The molecule has 3 rings (SSSR count). The van der Waals surface area contributed by atoms with Crippen molar-refractivity contribution < 1.29 is 22.7 Å². The highest BCUT2D eigenvalue weighted by Gasteiger charge is 2.26. The van der Waals surface area contributed by atoms with Gasteiger partial charge in [0.25, 0.3) is 15.9 Å². The van der Waals surface area contributed by atoms with Gasteiger partial charge in [-0.1, -0.05) is 18.2 Å². The third-order valence-electron chi connectivity index (χ3n) is 3.75. The maximum atomic E-state index is 12.3. The summed E-state index contributed by atoms with van der Waals surface area (Å²) in [6.45, 7) is 1.68. The fourth-order valence-electron chi connectivity index (χ4n) is 2.37. The number of esters is 1. The summed E-state index contributed by atoms with van der Waals surface area (Å²) >= 11 is 0. The number of hydrogen-bond donors (Lipinski definition) is 1. The minimum absolute atomic E-state index is 0.126. The van der Waals surface area contributed by atoms with Crippen molar-refractivity contribution >= 4 is 33.4 Å². The average molecular weight is 375 g/mol. The Morgan fingerprint density at radius 2 is 1.96 bits per heavy atom. The van der Waals surface area contributed by atoms with Gasteiger partial charge in [-0.25, -0.2) is 13.2 Å². The van der Waals surface area contributed by atoms with Crippen molar-refractivity contribution in [3.8, 4) is 0 Å². The molecule has 0 spiro atoms. The second-order valence-electron chi connectivity index (χ2n) is 5.75. The van der Waals surface area contributed by atoms with Crippen LogP contribution in [0.25, 0.3) is 0 Å². The molecule has 0 bridgehead atoms. The summed E-state index contributed by atoms with van der Waals surface area (Å²) in [5, 5.41) is 2.65. The number of carbonyl (C=O) groups excluding carboxylic acids is 2. The first-order valence-electron chi connectivity index (χ1n) is 7.90. The zero-order valence-corrected chi connectivity index (χ0v) is 14.8. The van der Waals surface area contributed by atoms with Crippen LogP contribution in [-0.4, -0.2) is 49.4 Å². The Hall–Kier alpha value is -2.94. The molecule has 1 N–H and O–H groups in total. The highest BCUT2D eigenvalue weighted by atomic mass is 32.2. The summed E-state index contributed by atoms with van der Waals surface area (Å²) in [6.07, 6.45) is 3.33. The van der Waals surface area contributed by atoms with Crippen molar-refractivity contribution in [1.82, 2.24) is 4.90 Å². The van der Waals surface area contributed by atoms with Crippen LogP contribution in [0.5, 0.6) is 0 Å². The van der Waals surface area contributed by atoms with Gasteiger partial charge in [0.1, 0.15) is 5.84 Å². The molecule has 0 saturated carbocycles. The van der Waals surface area contributed by atoms with E-state index < -0.39 is 28.0 Å². The molecule has 2 aliphatic heterocycles. The predicted molar refractivity (Wildman–Crippen MR) is 95.8 cm³/mol. The number of nitrogens with one attached hydrogen (secondary N) is 1. The van der Waals surface area contributed by atoms with E-state index in [1.165, 1.54) is 25.3 Å². The zero-order chi connectivity index (χ0) is 18.7. The van der Waals surface area contributed by atoms with Crippen molar-refractivity contribution in [2.75, 3.05) is 17.6 Å².